The van der Waals surface area contributed by atoms with E-state index in [2.05, 4.69) is 35.6 Å². The molecule has 1 aromatic carbocycles. The van der Waals surface area contributed by atoms with Crippen molar-refractivity contribution in [1.82, 2.24) is 34.8 Å². The average Bonchev–Trinajstić information content (AvgIpc) is 3.45. The van der Waals surface area contributed by atoms with Gasteiger partial charge in [-0.1, -0.05) is 0 Å². The van der Waals surface area contributed by atoms with Crippen LogP contribution >= 0.6 is 0 Å². The molecular weight excluding hydrogens is 469 g/mol. The van der Waals surface area contributed by atoms with E-state index in [1.807, 2.05) is 0 Å². The van der Waals surface area contributed by atoms with Crippen LogP contribution in [0.25, 0.3) is 17.2 Å². The highest BCUT2D eigenvalue weighted by atomic mass is 19.4. The van der Waals surface area contributed by atoms with E-state index in [0.29, 0.717) is 39.8 Å². The SMILES string of the molecule is COc1ccc(-c2nc(NC(=O)CCc3c(C)nc4nc(C(F)(F)F)nn4c3C)n[nH]2)c(OC)c1. The van der Waals surface area contributed by atoms with E-state index in [9.17, 15) is 18.0 Å². The minimum absolute atomic E-state index is 0.0193. The predicted molar refractivity (Wildman–Crippen MR) is 117 cm³/mol. The first-order chi connectivity index (χ1) is 16.6. The van der Waals surface area contributed by atoms with Crippen molar-refractivity contribution in [2.45, 2.75) is 32.9 Å². The van der Waals surface area contributed by atoms with Gasteiger partial charge < -0.3 is 9.47 Å². The van der Waals surface area contributed by atoms with Gasteiger partial charge in [-0.25, -0.2) is 9.50 Å². The second-order valence-electron chi connectivity index (χ2n) is 7.53. The maximum atomic E-state index is 13.0. The molecule has 3 heterocycles. The molecule has 0 saturated carbocycles. The fourth-order valence-corrected chi connectivity index (χ4v) is 3.55. The Bertz CT molecular complexity index is 1400. The van der Waals surface area contributed by atoms with E-state index >= 15 is 0 Å². The number of aromatic amines is 1. The summed E-state index contributed by atoms with van der Waals surface area (Å²) in [6.45, 7) is 3.25. The Labute approximate surface area is 196 Å². The molecule has 184 valence electrons. The van der Waals surface area contributed by atoms with Crippen molar-refractivity contribution in [3.63, 3.8) is 0 Å². The highest BCUT2D eigenvalue weighted by Crippen LogP contribution is 2.31. The second kappa shape index (κ2) is 9.19. The summed E-state index contributed by atoms with van der Waals surface area (Å²) in [5, 5.41) is 12.9. The Hall–Kier alpha value is -4.23. The Kier molecular flexibility index (Phi) is 6.28. The normalized spacial score (nSPS) is 11.6. The number of carbonyl (C=O) groups excluding carboxylic acids is 1. The Morgan fingerprint density at radius 1 is 1.14 bits per heavy atom. The van der Waals surface area contributed by atoms with E-state index in [4.69, 9.17) is 9.47 Å². The van der Waals surface area contributed by atoms with Crippen molar-refractivity contribution >= 4 is 17.6 Å². The van der Waals surface area contributed by atoms with Crippen LogP contribution in [-0.4, -0.2) is 54.9 Å². The van der Waals surface area contributed by atoms with Gasteiger partial charge in [0, 0.05) is 23.9 Å². The molecule has 0 radical (unpaired) electrons. The number of alkyl halides is 3. The molecule has 4 rings (SSSR count). The van der Waals surface area contributed by atoms with Crippen molar-refractivity contribution in [3.05, 3.63) is 41.0 Å². The smallest absolute Gasteiger partial charge is 0.453 e. The number of rotatable bonds is 7. The van der Waals surface area contributed by atoms with Gasteiger partial charge in [0.2, 0.25) is 11.9 Å². The zero-order valence-corrected chi connectivity index (χ0v) is 19.2. The molecule has 0 spiro atoms. The van der Waals surface area contributed by atoms with Crippen LogP contribution in [0.3, 0.4) is 0 Å². The molecule has 0 unspecified atom stereocenters. The van der Waals surface area contributed by atoms with E-state index in [-0.39, 0.29) is 30.5 Å². The fraction of sp³-hybridized carbons (Fsp3) is 0.333. The summed E-state index contributed by atoms with van der Waals surface area (Å²) in [5.41, 5.74) is 2.12. The summed E-state index contributed by atoms with van der Waals surface area (Å²) in [7, 11) is 3.05. The lowest BCUT2D eigenvalue weighted by atomic mass is 10.1. The Morgan fingerprint density at radius 3 is 2.60 bits per heavy atom. The van der Waals surface area contributed by atoms with Crippen LogP contribution in [0.2, 0.25) is 0 Å². The molecule has 14 heteroatoms. The van der Waals surface area contributed by atoms with Crippen molar-refractivity contribution < 1.29 is 27.4 Å². The third-order valence-corrected chi connectivity index (χ3v) is 5.31. The molecule has 35 heavy (non-hydrogen) atoms. The highest BCUT2D eigenvalue weighted by molar-refractivity contribution is 5.89. The van der Waals surface area contributed by atoms with Crippen LogP contribution < -0.4 is 14.8 Å². The van der Waals surface area contributed by atoms with E-state index in [1.165, 1.54) is 7.11 Å². The maximum absolute atomic E-state index is 13.0. The van der Waals surface area contributed by atoms with Crippen LogP contribution in [0.4, 0.5) is 19.1 Å². The number of fused-ring (bicyclic) bond motifs is 1. The molecule has 0 aliphatic heterocycles. The van der Waals surface area contributed by atoms with Crippen molar-refractivity contribution in [1.29, 1.82) is 0 Å². The van der Waals surface area contributed by atoms with Gasteiger partial charge in [-0.05, 0) is 38.0 Å². The summed E-state index contributed by atoms with van der Waals surface area (Å²) in [6, 6.07) is 5.17. The molecule has 4 aromatic rings. The lowest BCUT2D eigenvalue weighted by Crippen LogP contribution is -2.15. The number of aryl methyl sites for hydroxylation is 2. The zero-order chi connectivity index (χ0) is 25.3. The van der Waals surface area contributed by atoms with Crippen LogP contribution in [-0.2, 0) is 17.4 Å². The zero-order valence-electron chi connectivity index (χ0n) is 19.2. The van der Waals surface area contributed by atoms with Gasteiger partial charge in [0.05, 0.1) is 19.8 Å². The monoisotopic (exact) mass is 490 g/mol. The molecule has 1 amide bonds. The van der Waals surface area contributed by atoms with Gasteiger partial charge in [0.15, 0.2) is 5.82 Å². The van der Waals surface area contributed by atoms with Gasteiger partial charge in [0.1, 0.15) is 11.5 Å². The molecule has 0 bridgehead atoms. The fourth-order valence-electron chi connectivity index (χ4n) is 3.55. The summed E-state index contributed by atoms with van der Waals surface area (Å²) < 4.78 is 50.5. The topological polar surface area (TPSA) is 132 Å². The minimum Gasteiger partial charge on any atom is -0.497 e. The standard InChI is InChI=1S/C21H21F3N8O3/c1-10-13(11(2)32-20(25-10)28-18(31-32)21(22,23)24)7-8-16(33)26-19-27-17(29-30-19)14-6-5-12(34-3)9-15(14)35-4/h5-6,9H,7-8H2,1-4H3,(H2,26,27,29,30,33). The second-order valence-corrected chi connectivity index (χ2v) is 7.53. The number of ether oxygens (including phenoxy) is 2. The van der Waals surface area contributed by atoms with Crippen molar-refractivity contribution in [2.24, 2.45) is 0 Å². The van der Waals surface area contributed by atoms with Gasteiger partial charge >= 0.3 is 6.18 Å². The Balaban J connectivity index is 1.46. The third-order valence-electron chi connectivity index (χ3n) is 5.31. The minimum atomic E-state index is -4.68. The quantitative estimate of drug-likeness (QED) is 0.404. The van der Waals surface area contributed by atoms with Gasteiger partial charge in [-0.3, -0.25) is 15.2 Å². The van der Waals surface area contributed by atoms with Crippen LogP contribution in [0.15, 0.2) is 18.2 Å². The van der Waals surface area contributed by atoms with Crippen LogP contribution in [0.5, 0.6) is 11.5 Å². The van der Waals surface area contributed by atoms with Gasteiger partial charge in [-0.15, -0.1) is 10.2 Å². The first-order valence-electron chi connectivity index (χ1n) is 10.4. The number of halogens is 3. The Morgan fingerprint density at radius 2 is 1.91 bits per heavy atom. The lowest BCUT2D eigenvalue weighted by molar-refractivity contribution is -0.144. The molecule has 0 atom stereocenters. The van der Waals surface area contributed by atoms with Gasteiger partial charge in [-0.2, -0.15) is 23.1 Å². The summed E-state index contributed by atoms with van der Waals surface area (Å²) >= 11 is 0. The number of aromatic nitrogens is 7. The van der Waals surface area contributed by atoms with Crippen molar-refractivity contribution in [3.8, 4) is 22.9 Å². The summed E-state index contributed by atoms with van der Waals surface area (Å²) in [5.74, 6) is -0.236. The molecule has 0 aliphatic rings. The number of nitrogens with one attached hydrogen (secondary N) is 2. The largest absolute Gasteiger partial charge is 0.497 e. The number of hydrogen-bond acceptors (Lipinski definition) is 8. The number of carbonyl (C=O) groups is 1. The molecular formula is C21H21F3N8O3. The number of H-pyrrole nitrogens is 1. The first kappa shape index (κ1) is 23.9. The van der Waals surface area contributed by atoms with Gasteiger partial charge in [0.25, 0.3) is 11.6 Å². The molecule has 2 N–H and O–H groups in total. The number of nitrogens with zero attached hydrogens (tertiary/aromatic N) is 6. The highest BCUT2D eigenvalue weighted by Gasteiger charge is 2.37. The first-order valence-corrected chi connectivity index (χ1v) is 10.4. The average molecular weight is 490 g/mol. The van der Waals surface area contributed by atoms with Crippen molar-refractivity contribution in [2.75, 3.05) is 19.5 Å². The number of methoxy groups -OCH3 is 2. The van der Waals surface area contributed by atoms with Crippen LogP contribution in [0, 0.1) is 13.8 Å². The number of benzene rings is 1. The number of amides is 1. The summed E-state index contributed by atoms with van der Waals surface area (Å²) in [4.78, 5) is 24.3. The molecule has 0 fully saturated rings. The number of anilines is 1. The third kappa shape index (κ3) is 4.85. The van der Waals surface area contributed by atoms with E-state index in [0.717, 1.165) is 4.52 Å². The van der Waals surface area contributed by atoms with E-state index < -0.39 is 12.0 Å². The van der Waals surface area contributed by atoms with E-state index in [1.54, 1.807) is 39.2 Å². The molecule has 0 saturated heterocycles. The number of hydrogen-bond donors (Lipinski definition) is 2. The maximum Gasteiger partial charge on any atom is 0.453 e. The summed E-state index contributed by atoms with van der Waals surface area (Å²) in [6.07, 6.45) is -4.44. The molecule has 0 aliphatic carbocycles. The lowest BCUT2D eigenvalue weighted by Gasteiger charge is -2.10. The molecule has 11 nitrogen and oxygen atoms in total. The molecule has 3 aromatic heterocycles. The van der Waals surface area contributed by atoms with Crippen LogP contribution in [0.1, 0.15) is 29.2 Å². The predicted octanol–water partition coefficient (Wildman–Crippen LogP) is 3.13.